The van der Waals surface area contributed by atoms with Crippen LogP contribution in [-0.4, -0.2) is 40.3 Å². The van der Waals surface area contributed by atoms with Crippen molar-refractivity contribution in [1.29, 1.82) is 0 Å². The molecule has 1 amide bonds. The number of hydrogen-bond donors (Lipinski definition) is 1. The Morgan fingerprint density at radius 1 is 1.03 bits per heavy atom. The van der Waals surface area contributed by atoms with Crippen LogP contribution in [0.15, 0.2) is 79.3 Å². The molecule has 0 radical (unpaired) electrons. The number of carbonyl (C=O) groups is 1. The summed E-state index contributed by atoms with van der Waals surface area (Å²) in [5.74, 6) is -1.73. The van der Waals surface area contributed by atoms with Gasteiger partial charge in [0.25, 0.3) is 5.91 Å². The van der Waals surface area contributed by atoms with Crippen LogP contribution < -0.4 is 10.2 Å². The molecule has 0 bridgehead atoms. The molecule has 34 heavy (non-hydrogen) atoms. The summed E-state index contributed by atoms with van der Waals surface area (Å²) in [4.78, 5) is 19.4. The van der Waals surface area contributed by atoms with E-state index in [9.17, 15) is 13.6 Å². The smallest absolute Gasteiger partial charge is 0.255 e. The fourth-order valence-electron chi connectivity index (χ4n) is 4.22. The first-order valence-corrected chi connectivity index (χ1v) is 11.1. The van der Waals surface area contributed by atoms with E-state index in [1.165, 1.54) is 6.07 Å². The van der Waals surface area contributed by atoms with E-state index in [-0.39, 0.29) is 11.8 Å². The number of amides is 1. The molecule has 172 valence electrons. The maximum Gasteiger partial charge on any atom is 0.255 e. The predicted molar refractivity (Wildman–Crippen MR) is 126 cm³/mol. The van der Waals surface area contributed by atoms with Crippen molar-refractivity contribution in [1.82, 2.24) is 20.1 Å². The lowest BCUT2D eigenvalue weighted by molar-refractivity contribution is 0.0949. The number of benzene rings is 2. The second kappa shape index (κ2) is 9.43. The first-order valence-electron chi connectivity index (χ1n) is 11.1. The molecule has 0 saturated carbocycles. The van der Waals surface area contributed by atoms with Gasteiger partial charge >= 0.3 is 0 Å². The molecule has 1 aliphatic heterocycles. The number of nitrogens with zero attached hydrogens (tertiary/aromatic N) is 4. The molecule has 2 aromatic heterocycles. The minimum atomic E-state index is -0.854. The van der Waals surface area contributed by atoms with Gasteiger partial charge in [0.05, 0.1) is 11.3 Å². The van der Waals surface area contributed by atoms with E-state index >= 15 is 0 Å². The minimum Gasteiger partial charge on any atom is -0.371 e. The van der Waals surface area contributed by atoms with Crippen molar-refractivity contribution in [3.63, 3.8) is 0 Å². The van der Waals surface area contributed by atoms with E-state index in [0.717, 1.165) is 30.3 Å². The molecule has 5 rings (SSSR count). The lowest BCUT2D eigenvalue weighted by Gasteiger charge is -2.19. The normalized spacial score (nSPS) is 15.5. The van der Waals surface area contributed by atoms with E-state index < -0.39 is 11.6 Å². The maximum atomic E-state index is 13.6. The average molecular weight is 460 g/mol. The summed E-state index contributed by atoms with van der Waals surface area (Å²) >= 11 is 0. The fraction of sp³-hybridized carbons (Fsp3) is 0.192. The summed E-state index contributed by atoms with van der Waals surface area (Å²) in [6.45, 7) is 1.85. The van der Waals surface area contributed by atoms with Crippen LogP contribution in [0.4, 0.5) is 14.5 Å². The third kappa shape index (κ3) is 4.52. The lowest BCUT2D eigenvalue weighted by atomic mass is 10.1. The van der Waals surface area contributed by atoms with Crippen LogP contribution in [0, 0.1) is 17.6 Å². The van der Waals surface area contributed by atoms with Gasteiger partial charge in [-0.25, -0.2) is 13.5 Å². The summed E-state index contributed by atoms with van der Waals surface area (Å²) in [6, 6.07) is 17.2. The summed E-state index contributed by atoms with van der Waals surface area (Å²) in [7, 11) is 0. The third-order valence-electron chi connectivity index (χ3n) is 6.02. The molecule has 0 aliphatic carbocycles. The fourth-order valence-corrected chi connectivity index (χ4v) is 4.22. The molecule has 1 unspecified atom stereocenters. The molecule has 1 fully saturated rings. The molecule has 1 N–H and O–H groups in total. The molecule has 2 aromatic carbocycles. The van der Waals surface area contributed by atoms with Gasteiger partial charge in [-0.15, -0.1) is 0 Å². The van der Waals surface area contributed by atoms with Crippen LogP contribution in [0.2, 0.25) is 0 Å². The van der Waals surface area contributed by atoms with Crippen molar-refractivity contribution in [3.05, 3.63) is 96.5 Å². The second-order valence-corrected chi connectivity index (χ2v) is 8.32. The highest BCUT2D eigenvalue weighted by Crippen LogP contribution is 2.26. The number of hydrogen-bond acceptors (Lipinski definition) is 4. The lowest BCUT2D eigenvalue weighted by Crippen LogP contribution is -2.31. The largest absolute Gasteiger partial charge is 0.371 e. The molecule has 1 aliphatic rings. The standard InChI is InChI=1S/C26H23F2N5O/c27-23-9-8-21(13-24(23)28)32-12-10-18(16-32)14-30-26(34)22-17-33(20-6-2-1-3-7-20)31-25(22)19-5-4-11-29-15-19/h1-9,11,13,15,17-18H,10,12,14,16H2,(H,30,34). The van der Waals surface area contributed by atoms with E-state index in [1.54, 1.807) is 29.3 Å². The van der Waals surface area contributed by atoms with Gasteiger partial charge in [0, 0.05) is 55.5 Å². The van der Waals surface area contributed by atoms with Crippen molar-refractivity contribution in [2.45, 2.75) is 6.42 Å². The first-order chi connectivity index (χ1) is 16.6. The molecular formula is C26H23F2N5O. The molecule has 3 heterocycles. The number of pyridine rings is 1. The Labute approximate surface area is 195 Å². The van der Waals surface area contributed by atoms with Crippen LogP contribution in [0.3, 0.4) is 0 Å². The summed E-state index contributed by atoms with van der Waals surface area (Å²) in [5, 5.41) is 7.69. The van der Waals surface area contributed by atoms with Crippen molar-refractivity contribution in [3.8, 4) is 16.9 Å². The van der Waals surface area contributed by atoms with E-state index in [0.29, 0.717) is 30.0 Å². The monoisotopic (exact) mass is 459 g/mol. The molecule has 0 spiro atoms. The van der Waals surface area contributed by atoms with Crippen molar-refractivity contribution in [2.24, 2.45) is 5.92 Å². The molecule has 8 heteroatoms. The summed E-state index contributed by atoms with van der Waals surface area (Å²) in [6.07, 6.45) is 5.94. The highest BCUT2D eigenvalue weighted by molar-refractivity contribution is 5.99. The van der Waals surface area contributed by atoms with Gasteiger partial charge in [-0.3, -0.25) is 9.78 Å². The second-order valence-electron chi connectivity index (χ2n) is 8.32. The van der Waals surface area contributed by atoms with Gasteiger partial charge in [0.15, 0.2) is 11.6 Å². The number of nitrogens with one attached hydrogen (secondary N) is 1. The van der Waals surface area contributed by atoms with Gasteiger partial charge in [0.1, 0.15) is 5.69 Å². The third-order valence-corrected chi connectivity index (χ3v) is 6.02. The quantitative estimate of drug-likeness (QED) is 0.462. The Bertz CT molecular complexity index is 1290. The SMILES string of the molecule is O=C(NCC1CCN(c2ccc(F)c(F)c2)C1)c1cn(-c2ccccc2)nc1-c1cccnc1. The Balaban J connectivity index is 1.31. The van der Waals surface area contributed by atoms with Crippen LogP contribution in [-0.2, 0) is 0 Å². The van der Waals surface area contributed by atoms with Crippen molar-refractivity contribution < 1.29 is 13.6 Å². The van der Waals surface area contributed by atoms with Crippen LogP contribution in [0.25, 0.3) is 16.9 Å². The van der Waals surface area contributed by atoms with Gasteiger partial charge in [0.2, 0.25) is 0 Å². The topological polar surface area (TPSA) is 63.1 Å². The number of halogens is 2. The zero-order chi connectivity index (χ0) is 23.5. The van der Waals surface area contributed by atoms with E-state index in [2.05, 4.69) is 15.4 Å². The van der Waals surface area contributed by atoms with Gasteiger partial charge in [-0.1, -0.05) is 18.2 Å². The molecule has 1 atom stereocenters. The minimum absolute atomic E-state index is 0.197. The van der Waals surface area contributed by atoms with Crippen molar-refractivity contribution in [2.75, 3.05) is 24.5 Å². The maximum absolute atomic E-state index is 13.6. The average Bonchev–Trinajstić information content (AvgIpc) is 3.53. The number of anilines is 1. The number of rotatable bonds is 6. The summed E-state index contributed by atoms with van der Waals surface area (Å²) < 4.78 is 28.5. The predicted octanol–water partition coefficient (Wildman–Crippen LogP) is 4.47. The van der Waals surface area contributed by atoms with Crippen LogP contribution in [0.1, 0.15) is 16.8 Å². The zero-order valence-electron chi connectivity index (χ0n) is 18.4. The highest BCUT2D eigenvalue weighted by atomic mass is 19.2. The van der Waals surface area contributed by atoms with E-state index in [4.69, 9.17) is 0 Å². The van der Waals surface area contributed by atoms with Crippen LogP contribution in [0.5, 0.6) is 0 Å². The zero-order valence-corrected chi connectivity index (χ0v) is 18.4. The number of carbonyl (C=O) groups excluding carboxylic acids is 1. The Morgan fingerprint density at radius 2 is 1.88 bits per heavy atom. The Hall–Kier alpha value is -4.07. The molecular weight excluding hydrogens is 436 g/mol. The molecule has 6 nitrogen and oxygen atoms in total. The Kier molecular flexibility index (Phi) is 6.03. The van der Waals surface area contributed by atoms with Gasteiger partial charge in [-0.05, 0) is 48.7 Å². The molecule has 1 saturated heterocycles. The number of aromatic nitrogens is 3. The summed E-state index contributed by atoms with van der Waals surface area (Å²) in [5.41, 5.74) is 3.28. The van der Waals surface area contributed by atoms with Crippen molar-refractivity contribution >= 4 is 11.6 Å². The molecule has 4 aromatic rings. The highest BCUT2D eigenvalue weighted by Gasteiger charge is 2.25. The Morgan fingerprint density at radius 3 is 2.65 bits per heavy atom. The van der Waals surface area contributed by atoms with Gasteiger partial charge < -0.3 is 10.2 Å². The van der Waals surface area contributed by atoms with E-state index in [1.807, 2.05) is 47.4 Å². The first kappa shape index (κ1) is 21.8. The number of para-hydroxylation sites is 1. The van der Waals surface area contributed by atoms with Crippen LogP contribution >= 0.6 is 0 Å². The van der Waals surface area contributed by atoms with Gasteiger partial charge in [-0.2, -0.15) is 5.10 Å².